The summed E-state index contributed by atoms with van der Waals surface area (Å²) in [6.45, 7) is 3.96. The summed E-state index contributed by atoms with van der Waals surface area (Å²) in [4.78, 5) is 0. The van der Waals surface area contributed by atoms with Crippen LogP contribution >= 0.6 is 11.6 Å². The van der Waals surface area contributed by atoms with E-state index in [0.29, 0.717) is 11.4 Å². The maximum Gasteiger partial charge on any atom is 0.123 e. The average Bonchev–Trinajstić information content (AvgIpc) is 2.48. The molecular formula is C16H19ClFN3. The zero-order valence-corrected chi connectivity index (χ0v) is 13.2. The maximum absolute atomic E-state index is 13.4. The van der Waals surface area contributed by atoms with E-state index in [1.807, 2.05) is 27.0 Å². The third-order valence-electron chi connectivity index (χ3n) is 3.52. The molecule has 0 fully saturated rings. The molecule has 3 nitrogen and oxygen atoms in total. The van der Waals surface area contributed by atoms with E-state index in [-0.39, 0.29) is 11.9 Å². The number of aryl methyl sites for hydroxylation is 2. The van der Waals surface area contributed by atoms with Crippen LogP contribution in [0.1, 0.15) is 35.5 Å². The highest BCUT2D eigenvalue weighted by Gasteiger charge is 2.17. The van der Waals surface area contributed by atoms with E-state index in [0.717, 1.165) is 28.9 Å². The van der Waals surface area contributed by atoms with Gasteiger partial charge in [-0.15, -0.1) is 0 Å². The molecule has 1 heterocycles. The van der Waals surface area contributed by atoms with Gasteiger partial charge in [-0.05, 0) is 62.2 Å². The van der Waals surface area contributed by atoms with E-state index < -0.39 is 0 Å². The number of aromatic nitrogens is 2. The Kier molecular flexibility index (Phi) is 5.26. The second kappa shape index (κ2) is 6.96. The van der Waals surface area contributed by atoms with Gasteiger partial charge in [-0.3, -0.25) is 0 Å². The summed E-state index contributed by atoms with van der Waals surface area (Å²) >= 11 is 6.17. The number of hydrogen-bond donors (Lipinski definition) is 1. The summed E-state index contributed by atoms with van der Waals surface area (Å²) in [5.74, 6) is -0.274. The van der Waals surface area contributed by atoms with Crippen LogP contribution in [-0.2, 0) is 12.8 Å². The maximum atomic E-state index is 13.4. The van der Waals surface area contributed by atoms with Gasteiger partial charge in [-0.25, -0.2) is 4.39 Å². The summed E-state index contributed by atoms with van der Waals surface area (Å²) in [6, 6.07) is 6.50. The monoisotopic (exact) mass is 307 g/mol. The highest BCUT2D eigenvalue weighted by Crippen LogP contribution is 2.26. The minimum Gasteiger partial charge on any atom is -0.313 e. The normalized spacial score (nSPS) is 12.4. The molecule has 0 saturated heterocycles. The van der Waals surface area contributed by atoms with Crippen molar-refractivity contribution in [3.63, 3.8) is 0 Å². The predicted molar refractivity (Wildman–Crippen MR) is 83.1 cm³/mol. The third-order valence-corrected chi connectivity index (χ3v) is 3.89. The SMILES string of the molecule is CCc1nnc(C)cc1C(Cc1cc(F)ccc1Cl)NC. The largest absolute Gasteiger partial charge is 0.313 e. The van der Waals surface area contributed by atoms with Crippen LogP contribution in [0.3, 0.4) is 0 Å². The summed E-state index contributed by atoms with van der Waals surface area (Å²) in [5.41, 5.74) is 3.70. The second-order valence-electron chi connectivity index (χ2n) is 5.02. The van der Waals surface area contributed by atoms with Crippen LogP contribution in [0, 0.1) is 12.7 Å². The average molecular weight is 308 g/mol. The van der Waals surface area contributed by atoms with Crippen LogP contribution in [-0.4, -0.2) is 17.2 Å². The molecule has 112 valence electrons. The lowest BCUT2D eigenvalue weighted by Gasteiger charge is -2.20. The molecule has 1 unspecified atom stereocenters. The molecule has 0 aliphatic carbocycles. The van der Waals surface area contributed by atoms with Gasteiger partial charge in [0.05, 0.1) is 11.4 Å². The lowest BCUT2D eigenvalue weighted by atomic mass is 9.96. The van der Waals surface area contributed by atoms with Gasteiger partial charge < -0.3 is 5.32 Å². The van der Waals surface area contributed by atoms with Crippen molar-refractivity contribution in [2.45, 2.75) is 32.7 Å². The topological polar surface area (TPSA) is 37.8 Å². The highest BCUT2D eigenvalue weighted by molar-refractivity contribution is 6.31. The first-order valence-corrected chi connectivity index (χ1v) is 7.37. The minimum absolute atomic E-state index is 0.0217. The van der Waals surface area contributed by atoms with Gasteiger partial charge in [-0.2, -0.15) is 10.2 Å². The van der Waals surface area contributed by atoms with E-state index in [9.17, 15) is 4.39 Å². The van der Waals surface area contributed by atoms with Crippen LogP contribution in [0.2, 0.25) is 5.02 Å². The van der Waals surface area contributed by atoms with Crippen LogP contribution in [0.5, 0.6) is 0 Å². The molecule has 21 heavy (non-hydrogen) atoms. The molecule has 5 heteroatoms. The molecule has 1 N–H and O–H groups in total. The van der Waals surface area contributed by atoms with E-state index in [1.165, 1.54) is 12.1 Å². The van der Waals surface area contributed by atoms with E-state index in [1.54, 1.807) is 6.07 Å². The number of halogens is 2. The molecule has 2 rings (SSSR count). The Labute approximate surface area is 129 Å². The lowest BCUT2D eigenvalue weighted by Crippen LogP contribution is -2.21. The fourth-order valence-corrected chi connectivity index (χ4v) is 2.59. The number of hydrogen-bond acceptors (Lipinski definition) is 3. The predicted octanol–water partition coefficient (Wildman–Crippen LogP) is 3.64. The molecule has 2 aromatic rings. The zero-order chi connectivity index (χ0) is 15.4. The Morgan fingerprint density at radius 3 is 2.71 bits per heavy atom. The van der Waals surface area contributed by atoms with Crippen molar-refractivity contribution in [2.24, 2.45) is 0 Å². The van der Waals surface area contributed by atoms with Gasteiger partial charge in [0.25, 0.3) is 0 Å². The molecular weight excluding hydrogens is 289 g/mol. The van der Waals surface area contributed by atoms with Crippen molar-refractivity contribution in [3.8, 4) is 0 Å². The molecule has 1 atom stereocenters. The highest BCUT2D eigenvalue weighted by atomic mass is 35.5. The Bertz CT molecular complexity index is 631. The summed E-state index contributed by atoms with van der Waals surface area (Å²) in [7, 11) is 1.88. The fraction of sp³-hybridized carbons (Fsp3) is 0.375. The number of benzene rings is 1. The van der Waals surface area contributed by atoms with E-state index in [4.69, 9.17) is 11.6 Å². The smallest absolute Gasteiger partial charge is 0.123 e. The van der Waals surface area contributed by atoms with E-state index in [2.05, 4.69) is 15.5 Å². The number of likely N-dealkylation sites (N-methyl/N-ethyl adjacent to an activating group) is 1. The molecule has 0 saturated carbocycles. The number of nitrogens with zero attached hydrogens (tertiary/aromatic N) is 2. The minimum atomic E-state index is -0.274. The van der Waals surface area contributed by atoms with Crippen molar-refractivity contribution in [1.29, 1.82) is 0 Å². The second-order valence-corrected chi connectivity index (χ2v) is 5.43. The Hall–Kier alpha value is -1.52. The van der Waals surface area contributed by atoms with Gasteiger partial charge in [0.1, 0.15) is 5.82 Å². The zero-order valence-electron chi connectivity index (χ0n) is 12.5. The number of nitrogens with one attached hydrogen (secondary N) is 1. The molecule has 0 aliphatic rings. The summed E-state index contributed by atoms with van der Waals surface area (Å²) in [6.07, 6.45) is 1.41. The molecule has 1 aromatic heterocycles. The van der Waals surface area contributed by atoms with Crippen molar-refractivity contribution in [2.75, 3.05) is 7.05 Å². The molecule has 0 spiro atoms. The van der Waals surface area contributed by atoms with Crippen LogP contribution in [0.4, 0.5) is 4.39 Å². The van der Waals surface area contributed by atoms with Gasteiger partial charge in [0.15, 0.2) is 0 Å². The van der Waals surface area contributed by atoms with Crippen molar-refractivity contribution < 1.29 is 4.39 Å². The van der Waals surface area contributed by atoms with Crippen LogP contribution in [0.15, 0.2) is 24.3 Å². The Morgan fingerprint density at radius 2 is 2.05 bits per heavy atom. The fourth-order valence-electron chi connectivity index (χ4n) is 2.40. The molecule has 0 radical (unpaired) electrons. The van der Waals surface area contributed by atoms with Gasteiger partial charge in [0, 0.05) is 11.1 Å². The lowest BCUT2D eigenvalue weighted by molar-refractivity contribution is 0.573. The van der Waals surface area contributed by atoms with Crippen molar-refractivity contribution in [3.05, 3.63) is 57.6 Å². The molecule has 0 amide bonds. The van der Waals surface area contributed by atoms with Crippen molar-refractivity contribution in [1.82, 2.24) is 15.5 Å². The quantitative estimate of drug-likeness (QED) is 0.916. The van der Waals surface area contributed by atoms with Crippen LogP contribution < -0.4 is 5.32 Å². The summed E-state index contributed by atoms with van der Waals surface area (Å²) < 4.78 is 13.4. The molecule has 0 aliphatic heterocycles. The first-order valence-electron chi connectivity index (χ1n) is 6.99. The standard InChI is InChI=1S/C16H19ClFN3/c1-4-15-13(7-10(2)20-21-15)16(19-3)9-11-8-12(18)5-6-14(11)17/h5-8,16,19H,4,9H2,1-3H3. The molecule has 1 aromatic carbocycles. The first-order chi connectivity index (χ1) is 10.0. The van der Waals surface area contributed by atoms with Crippen LogP contribution in [0.25, 0.3) is 0 Å². The van der Waals surface area contributed by atoms with Gasteiger partial charge >= 0.3 is 0 Å². The molecule has 0 bridgehead atoms. The Balaban J connectivity index is 2.36. The third kappa shape index (κ3) is 3.77. The van der Waals surface area contributed by atoms with Gasteiger partial charge in [-0.1, -0.05) is 18.5 Å². The number of rotatable bonds is 5. The van der Waals surface area contributed by atoms with E-state index >= 15 is 0 Å². The Morgan fingerprint density at radius 1 is 1.29 bits per heavy atom. The van der Waals surface area contributed by atoms with Crippen molar-refractivity contribution >= 4 is 11.6 Å². The first kappa shape index (κ1) is 15.9. The summed E-state index contributed by atoms with van der Waals surface area (Å²) in [5, 5.41) is 12.2. The van der Waals surface area contributed by atoms with Gasteiger partial charge in [0.2, 0.25) is 0 Å².